The fourth-order valence-corrected chi connectivity index (χ4v) is 2.28. The largest absolute Gasteiger partial charge is 0.306 e. The third kappa shape index (κ3) is 2.37. The normalized spacial score (nSPS) is 19.4. The fourth-order valence-electron chi connectivity index (χ4n) is 2.28. The molecule has 0 saturated carbocycles. The van der Waals surface area contributed by atoms with E-state index in [0.717, 1.165) is 37.1 Å². The van der Waals surface area contributed by atoms with Gasteiger partial charge in [0.1, 0.15) is 5.82 Å². The second-order valence-electron chi connectivity index (χ2n) is 4.60. The molecule has 1 fully saturated rings. The van der Waals surface area contributed by atoms with Crippen molar-refractivity contribution in [3.63, 3.8) is 0 Å². The first-order chi connectivity index (χ1) is 7.16. The van der Waals surface area contributed by atoms with Gasteiger partial charge in [-0.1, -0.05) is 12.1 Å². The molecule has 0 bridgehead atoms. The van der Waals surface area contributed by atoms with Gasteiger partial charge in [0.15, 0.2) is 0 Å². The molecule has 1 heterocycles. The third-order valence-corrected chi connectivity index (χ3v) is 3.31. The molecule has 2 heteroatoms. The Bertz CT molecular complexity index is 340. The van der Waals surface area contributed by atoms with Crippen LogP contribution in [0.3, 0.4) is 0 Å². The number of aryl methyl sites for hydroxylation is 1. The van der Waals surface area contributed by atoms with Crippen molar-refractivity contribution in [3.05, 3.63) is 35.1 Å². The maximum Gasteiger partial charge on any atom is 0.126 e. The molecule has 2 rings (SSSR count). The topological polar surface area (TPSA) is 3.24 Å². The Kier molecular flexibility index (Phi) is 3.06. The summed E-state index contributed by atoms with van der Waals surface area (Å²) in [6, 6.07) is 5.62. The molecule has 1 aromatic carbocycles. The van der Waals surface area contributed by atoms with E-state index in [9.17, 15) is 4.39 Å². The molecule has 0 amide bonds. The number of rotatable bonds is 1. The molecule has 1 aliphatic rings. The molecule has 0 unspecified atom stereocenters. The minimum atomic E-state index is -0.0236. The number of piperidine rings is 1. The number of benzene rings is 1. The quantitative estimate of drug-likeness (QED) is 0.684. The van der Waals surface area contributed by atoms with E-state index in [0.29, 0.717) is 5.92 Å². The molecule has 0 radical (unpaired) electrons. The lowest BCUT2D eigenvalue weighted by Crippen LogP contribution is -2.29. The first-order valence-corrected chi connectivity index (χ1v) is 5.61. The Morgan fingerprint density at radius 3 is 2.53 bits per heavy atom. The molecule has 1 nitrogen and oxygen atoms in total. The Morgan fingerprint density at radius 1 is 1.27 bits per heavy atom. The molecule has 1 aromatic rings. The number of halogens is 1. The van der Waals surface area contributed by atoms with Crippen molar-refractivity contribution in [2.24, 2.45) is 0 Å². The highest BCUT2D eigenvalue weighted by molar-refractivity contribution is 5.26. The lowest BCUT2D eigenvalue weighted by molar-refractivity contribution is 0.253. The minimum Gasteiger partial charge on any atom is -0.306 e. The Hall–Kier alpha value is -0.890. The zero-order valence-electron chi connectivity index (χ0n) is 9.46. The highest BCUT2D eigenvalue weighted by Crippen LogP contribution is 2.29. The van der Waals surface area contributed by atoms with Crippen LogP contribution < -0.4 is 0 Å². The van der Waals surface area contributed by atoms with Gasteiger partial charge in [-0.3, -0.25) is 0 Å². The third-order valence-electron chi connectivity index (χ3n) is 3.31. The van der Waals surface area contributed by atoms with Gasteiger partial charge >= 0.3 is 0 Å². The predicted octanol–water partition coefficient (Wildman–Crippen LogP) is 2.94. The summed E-state index contributed by atoms with van der Waals surface area (Å²) in [5, 5.41) is 0. The Labute approximate surface area is 90.9 Å². The van der Waals surface area contributed by atoms with Gasteiger partial charge in [0, 0.05) is 0 Å². The van der Waals surface area contributed by atoms with Crippen LogP contribution in [-0.4, -0.2) is 25.0 Å². The van der Waals surface area contributed by atoms with Gasteiger partial charge in [-0.15, -0.1) is 0 Å². The van der Waals surface area contributed by atoms with Crippen molar-refractivity contribution < 1.29 is 4.39 Å². The van der Waals surface area contributed by atoms with E-state index in [2.05, 4.69) is 11.9 Å². The summed E-state index contributed by atoms with van der Waals surface area (Å²) < 4.78 is 13.7. The molecular weight excluding hydrogens is 189 g/mol. The molecule has 0 spiro atoms. The first kappa shape index (κ1) is 10.6. The molecule has 1 aliphatic heterocycles. The summed E-state index contributed by atoms with van der Waals surface area (Å²) in [5.41, 5.74) is 1.91. The highest BCUT2D eigenvalue weighted by Gasteiger charge is 2.20. The Morgan fingerprint density at radius 2 is 1.93 bits per heavy atom. The smallest absolute Gasteiger partial charge is 0.126 e. The van der Waals surface area contributed by atoms with E-state index in [-0.39, 0.29) is 5.82 Å². The predicted molar refractivity (Wildman–Crippen MR) is 60.6 cm³/mol. The summed E-state index contributed by atoms with van der Waals surface area (Å²) in [5.74, 6) is 0.395. The minimum absolute atomic E-state index is 0.0236. The van der Waals surface area contributed by atoms with E-state index in [1.54, 1.807) is 6.07 Å². The van der Waals surface area contributed by atoms with Crippen molar-refractivity contribution in [3.8, 4) is 0 Å². The fraction of sp³-hybridized carbons (Fsp3) is 0.538. The average Bonchev–Trinajstić information content (AvgIpc) is 2.20. The lowest BCUT2D eigenvalue weighted by atomic mass is 9.89. The molecule has 0 N–H and O–H groups in total. The van der Waals surface area contributed by atoms with Gasteiger partial charge in [-0.25, -0.2) is 4.39 Å². The van der Waals surface area contributed by atoms with Gasteiger partial charge in [-0.2, -0.15) is 0 Å². The van der Waals surface area contributed by atoms with E-state index < -0.39 is 0 Å². The van der Waals surface area contributed by atoms with Crippen LogP contribution in [0, 0.1) is 12.7 Å². The van der Waals surface area contributed by atoms with Crippen LogP contribution in [0.2, 0.25) is 0 Å². The van der Waals surface area contributed by atoms with Gasteiger partial charge in [0.25, 0.3) is 0 Å². The van der Waals surface area contributed by atoms with E-state index in [1.165, 1.54) is 0 Å². The average molecular weight is 207 g/mol. The van der Waals surface area contributed by atoms with Crippen molar-refractivity contribution in [2.75, 3.05) is 20.1 Å². The SMILES string of the molecule is Cc1ccc(C2CCN(C)CC2)c(F)c1. The Balaban J connectivity index is 2.15. The van der Waals surface area contributed by atoms with Gasteiger partial charge in [0.05, 0.1) is 0 Å². The molecular formula is C13H18FN. The molecule has 82 valence electrons. The zero-order chi connectivity index (χ0) is 10.8. The van der Waals surface area contributed by atoms with Crippen LogP contribution in [0.1, 0.15) is 29.9 Å². The first-order valence-electron chi connectivity index (χ1n) is 5.61. The van der Waals surface area contributed by atoms with Crippen LogP contribution in [0.4, 0.5) is 4.39 Å². The van der Waals surface area contributed by atoms with Crippen LogP contribution in [0.15, 0.2) is 18.2 Å². The second-order valence-corrected chi connectivity index (χ2v) is 4.60. The maximum atomic E-state index is 13.7. The monoisotopic (exact) mass is 207 g/mol. The molecule has 0 aliphatic carbocycles. The molecule has 0 atom stereocenters. The zero-order valence-corrected chi connectivity index (χ0v) is 9.46. The van der Waals surface area contributed by atoms with Gasteiger partial charge < -0.3 is 4.90 Å². The molecule has 1 saturated heterocycles. The van der Waals surface area contributed by atoms with Crippen LogP contribution >= 0.6 is 0 Å². The van der Waals surface area contributed by atoms with E-state index >= 15 is 0 Å². The van der Waals surface area contributed by atoms with Crippen molar-refractivity contribution in [1.82, 2.24) is 4.90 Å². The number of hydrogen-bond acceptors (Lipinski definition) is 1. The standard InChI is InChI=1S/C13H18FN/c1-10-3-4-12(13(14)9-10)11-5-7-15(2)8-6-11/h3-4,9,11H,5-8H2,1-2H3. The van der Waals surface area contributed by atoms with Gasteiger partial charge in [-0.05, 0) is 63.0 Å². The van der Waals surface area contributed by atoms with Crippen molar-refractivity contribution in [2.45, 2.75) is 25.7 Å². The summed E-state index contributed by atoms with van der Waals surface area (Å²) in [6.07, 6.45) is 2.16. The van der Waals surface area contributed by atoms with Gasteiger partial charge in [0.2, 0.25) is 0 Å². The van der Waals surface area contributed by atoms with Crippen LogP contribution in [-0.2, 0) is 0 Å². The van der Waals surface area contributed by atoms with Crippen molar-refractivity contribution in [1.29, 1.82) is 0 Å². The second kappa shape index (κ2) is 4.31. The number of nitrogens with zero attached hydrogens (tertiary/aromatic N) is 1. The van der Waals surface area contributed by atoms with Crippen LogP contribution in [0.25, 0.3) is 0 Å². The highest BCUT2D eigenvalue weighted by atomic mass is 19.1. The summed E-state index contributed by atoms with van der Waals surface area (Å²) in [4.78, 5) is 2.31. The molecule has 0 aromatic heterocycles. The van der Waals surface area contributed by atoms with Crippen LogP contribution in [0.5, 0.6) is 0 Å². The summed E-state index contributed by atoms with van der Waals surface area (Å²) in [6.45, 7) is 4.09. The van der Waals surface area contributed by atoms with Crippen molar-refractivity contribution >= 4 is 0 Å². The van der Waals surface area contributed by atoms with E-state index in [4.69, 9.17) is 0 Å². The molecule has 15 heavy (non-hydrogen) atoms. The number of likely N-dealkylation sites (tertiary alicyclic amines) is 1. The summed E-state index contributed by atoms with van der Waals surface area (Å²) >= 11 is 0. The van der Waals surface area contributed by atoms with E-state index in [1.807, 2.05) is 19.1 Å². The summed E-state index contributed by atoms with van der Waals surface area (Å²) in [7, 11) is 2.13. The maximum absolute atomic E-state index is 13.7. The number of hydrogen-bond donors (Lipinski definition) is 0. The lowest BCUT2D eigenvalue weighted by Gasteiger charge is -2.29.